The molecule has 1 heterocycles. The van der Waals surface area contributed by atoms with Crippen LogP contribution in [0.3, 0.4) is 0 Å². The van der Waals surface area contributed by atoms with Crippen LogP contribution in [0.5, 0.6) is 5.75 Å². The van der Waals surface area contributed by atoms with Gasteiger partial charge in [0.25, 0.3) is 0 Å². The minimum atomic E-state index is -0.0467. The molecule has 1 aromatic rings. The lowest BCUT2D eigenvalue weighted by molar-refractivity contribution is -0.119. The molecule has 1 amide bonds. The van der Waals surface area contributed by atoms with E-state index in [9.17, 15) is 9.90 Å². The molecule has 0 aliphatic carbocycles. The standard InChI is InChI=1S/C10H12N2O2/c11-8-2-1-6(13)5-7(8)9-3-4-10(14)12-9/h1-2,5,9,13H,3-4,11H2,(H,12,14)/t9-/m0/s1. The molecule has 1 aliphatic rings. The monoisotopic (exact) mass is 192 g/mol. The number of nitrogens with one attached hydrogen (secondary N) is 1. The molecular formula is C10H12N2O2. The first-order valence-corrected chi connectivity index (χ1v) is 4.54. The number of carbonyl (C=O) groups is 1. The molecule has 4 heteroatoms. The van der Waals surface area contributed by atoms with Gasteiger partial charge >= 0.3 is 0 Å². The molecule has 1 aliphatic heterocycles. The van der Waals surface area contributed by atoms with E-state index in [1.54, 1.807) is 12.1 Å². The number of amides is 1. The average Bonchev–Trinajstić information content (AvgIpc) is 2.56. The van der Waals surface area contributed by atoms with Crippen molar-refractivity contribution in [2.24, 2.45) is 0 Å². The van der Waals surface area contributed by atoms with Crippen LogP contribution in [0.25, 0.3) is 0 Å². The SMILES string of the molecule is Nc1ccc(O)cc1[C@@H]1CCC(=O)N1. The minimum Gasteiger partial charge on any atom is -0.508 e. The van der Waals surface area contributed by atoms with Crippen molar-refractivity contribution in [2.75, 3.05) is 5.73 Å². The zero-order valence-electron chi connectivity index (χ0n) is 7.66. The van der Waals surface area contributed by atoms with Crippen molar-refractivity contribution in [1.29, 1.82) is 0 Å². The van der Waals surface area contributed by atoms with Crippen LogP contribution in [-0.2, 0) is 4.79 Å². The van der Waals surface area contributed by atoms with Crippen molar-refractivity contribution in [1.82, 2.24) is 5.32 Å². The van der Waals surface area contributed by atoms with E-state index in [0.717, 1.165) is 12.0 Å². The first kappa shape index (κ1) is 8.87. The van der Waals surface area contributed by atoms with Gasteiger partial charge in [0, 0.05) is 17.7 Å². The van der Waals surface area contributed by atoms with Crippen LogP contribution in [0, 0.1) is 0 Å². The number of phenols is 1. The Morgan fingerprint density at radius 3 is 2.93 bits per heavy atom. The zero-order chi connectivity index (χ0) is 10.1. The van der Waals surface area contributed by atoms with E-state index in [2.05, 4.69) is 5.32 Å². The van der Waals surface area contributed by atoms with Crippen molar-refractivity contribution in [2.45, 2.75) is 18.9 Å². The van der Waals surface area contributed by atoms with Gasteiger partial charge in [0.2, 0.25) is 5.91 Å². The van der Waals surface area contributed by atoms with Crippen LogP contribution in [0.4, 0.5) is 5.69 Å². The first-order valence-electron chi connectivity index (χ1n) is 4.54. The predicted octanol–water partition coefficient (Wildman–Crippen LogP) is 0.926. The Morgan fingerprint density at radius 2 is 2.29 bits per heavy atom. The first-order chi connectivity index (χ1) is 6.66. The molecule has 4 N–H and O–H groups in total. The van der Waals surface area contributed by atoms with Crippen LogP contribution in [-0.4, -0.2) is 11.0 Å². The third kappa shape index (κ3) is 1.51. The van der Waals surface area contributed by atoms with E-state index in [1.165, 1.54) is 6.07 Å². The van der Waals surface area contributed by atoms with E-state index in [4.69, 9.17) is 5.73 Å². The number of rotatable bonds is 1. The lowest BCUT2D eigenvalue weighted by Crippen LogP contribution is -2.19. The molecule has 1 saturated heterocycles. The lowest BCUT2D eigenvalue weighted by atomic mass is 10.0. The number of carbonyl (C=O) groups excluding carboxylic acids is 1. The Kier molecular flexibility index (Phi) is 2.04. The average molecular weight is 192 g/mol. The van der Waals surface area contributed by atoms with Gasteiger partial charge in [-0.25, -0.2) is 0 Å². The maximum atomic E-state index is 11.0. The van der Waals surface area contributed by atoms with E-state index in [-0.39, 0.29) is 17.7 Å². The van der Waals surface area contributed by atoms with Gasteiger partial charge in [-0.05, 0) is 24.6 Å². The summed E-state index contributed by atoms with van der Waals surface area (Å²) >= 11 is 0. The molecule has 0 spiro atoms. The number of nitrogen functional groups attached to an aromatic ring is 1. The highest BCUT2D eigenvalue weighted by molar-refractivity contribution is 5.79. The Balaban J connectivity index is 2.31. The number of benzene rings is 1. The van der Waals surface area contributed by atoms with Crippen molar-refractivity contribution < 1.29 is 9.90 Å². The fraction of sp³-hybridized carbons (Fsp3) is 0.300. The van der Waals surface area contributed by atoms with Crippen molar-refractivity contribution in [3.8, 4) is 5.75 Å². The smallest absolute Gasteiger partial charge is 0.220 e. The van der Waals surface area contributed by atoms with Crippen LogP contribution >= 0.6 is 0 Å². The third-order valence-corrected chi connectivity index (χ3v) is 2.44. The van der Waals surface area contributed by atoms with Gasteiger partial charge in [-0.1, -0.05) is 0 Å². The highest BCUT2D eigenvalue weighted by Crippen LogP contribution is 2.30. The Morgan fingerprint density at radius 1 is 1.50 bits per heavy atom. The molecule has 4 nitrogen and oxygen atoms in total. The van der Waals surface area contributed by atoms with Gasteiger partial charge in [-0.15, -0.1) is 0 Å². The summed E-state index contributed by atoms with van der Waals surface area (Å²) in [4.78, 5) is 11.0. The van der Waals surface area contributed by atoms with Gasteiger partial charge in [0.1, 0.15) is 5.75 Å². The third-order valence-electron chi connectivity index (χ3n) is 2.44. The molecular weight excluding hydrogens is 180 g/mol. The molecule has 0 saturated carbocycles. The summed E-state index contributed by atoms with van der Waals surface area (Å²) in [6.07, 6.45) is 1.27. The Hall–Kier alpha value is -1.71. The number of hydrogen-bond donors (Lipinski definition) is 3. The molecule has 74 valence electrons. The molecule has 0 unspecified atom stereocenters. The van der Waals surface area contributed by atoms with E-state index in [0.29, 0.717) is 12.1 Å². The van der Waals surface area contributed by atoms with Crippen LogP contribution in [0.2, 0.25) is 0 Å². The summed E-state index contributed by atoms with van der Waals surface area (Å²) in [5.74, 6) is 0.216. The summed E-state index contributed by atoms with van der Waals surface area (Å²) in [7, 11) is 0. The minimum absolute atomic E-state index is 0.0396. The number of anilines is 1. The van der Waals surface area contributed by atoms with Gasteiger partial charge in [0.15, 0.2) is 0 Å². The highest BCUT2D eigenvalue weighted by atomic mass is 16.3. The summed E-state index contributed by atoms with van der Waals surface area (Å²) < 4.78 is 0. The molecule has 1 aromatic carbocycles. The largest absolute Gasteiger partial charge is 0.508 e. The zero-order valence-corrected chi connectivity index (χ0v) is 7.66. The topological polar surface area (TPSA) is 75.3 Å². The van der Waals surface area contributed by atoms with Crippen molar-refractivity contribution in [3.63, 3.8) is 0 Å². The second kappa shape index (κ2) is 3.21. The molecule has 0 radical (unpaired) electrons. The predicted molar refractivity (Wildman–Crippen MR) is 52.6 cm³/mol. The lowest BCUT2D eigenvalue weighted by Gasteiger charge is -2.13. The molecule has 1 fully saturated rings. The second-order valence-corrected chi connectivity index (χ2v) is 3.47. The van der Waals surface area contributed by atoms with Crippen molar-refractivity contribution in [3.05, 3.63) is 23.8 Å². The highest BCUT2D eigenvalue weighted by Gasteiger charge is 2.23. The summed E-state index contributed by atoms with van der Waals surface area (Å²) in [6, 6.07) is 4.74. The molecule has 14 heavy (non-hydrogen) atoms. The summed E-state index contributed by atoms with van der Waals surface area (Å²) in [5.41, 5.74) is 7.16. The van der Waals surface area contributed by atoms with Crippen LogP contribution < -0.4 is 11.1 Å². The van der Waals surface area contributed by atoms with Gasteiger partial charge in [-0.2, -0.15) is 0 Å². The Labute approximate surface area is 81.7 Å². The number of aromatic hydroxyl groups is 1. The fourth-order valence-electron chi connectivity index (χ4n) is 1.71. The maximum absolute atomic E-state index is 11.0. The molecule has 2 rings (SSSR count). The van der Waals surface area contributed by atoms with E-state index in [1.807, 2.05) is 0 Å². The quantitative estimate of drug-likeness (QED) is 0.457. The van der Waals surface area contributed by atoms with Crippen LogP contribution in [0.15, 0.2) is 18.2 Å². The maximum Gasteiger partial charge on any atom is 0.220 e. The fourth-order valence-corrected chi connectivity index (χ4v) is 1.71. The summed E-state index contributed by atoms with van der Waals surface area (Å²) in [5, 5.41) is 12.1. The second-order valence-electron chi connectivity index (χ2n) is 3.47. The van der Waals surface area contributed by atoms with Gasteiger partial charge < -0.3 is 16.2 Å². The molecule has 0 aromatic heterocycles. The number of hydrogen-bond acceptors (Lipinski definition) is 3. The molecule has 0 bridgehead atoms. The number of nitrogens with two attached hydrogens (primary N) is 1. The molecule has 1 atom stereocenters. The summed E-state index contributed by atoms with van der Waals surface area (Å²) in [6.45, 7) is 0. The van der Waals surface area contributed by atoms with Crippen molar-refractivity contribution >= 4 is 11.6 Å². The van der Waals surface area contributed by atoms with E-state index < -0.39 is 0 Å². The number of phenolic OH excluding ortho intramolecular Hbond substituents is 1. The Bertz CT molecular complexity index is 376. The van der Waals surface area contributed by atoms with Gasteiger partial charge in [0.05, 0.1) is 6.04 Å². The van der Waals surface area contributed by atoms with Crippen LogP contribution in [0.1, 0.15) is 24.4 Å². The normalized spacial score (nSPS) is 20.9. The van der Waals surface area contributed by atoms with Gasteiger partial charge in [-0.3, -0.25) is 4.79 Å². The van der Waals surface area contributed by atoms with E-state index >= 15 is 0 Å².